The molecule has 114 valence electrons. The number of methoxy groups -OCH3 is 1. The number of rotatable bonds is 7. The van der Waals surface area contributed by atoms with E-state index in [1.807, 2.05) is 31.2 Å². The second-order valence-corrected chi connectivity index (χ2v) is 5.12. The zero-order valence-corrected chi connectivity index (χ0v) is 12.5. The Balaban J connectivity index is 1.92. The van der Waals surface area contributed by atoms with Gasteiger partial charge in [0.05, 0.1) is 19.8 Å². The molecule has 5 nitrogen and oxygen atoms in total. The molecule has 0 unspecified atom stereocenters. The molecule has 1 aliphatic heterocycles. The first kappa shape index (κ1) is 15.4. The second kappa shape index (κ2) is 7.13. The molecule has 1 heterocycles. The van der Waals surface area contributed by atoms with E-state index in [2.05, 4.69) is 6.58 Å². The number of nitrogens with zero attached hydrogens (tertiary/aromatic N) is 1. The number of ether oxygens (including phenoxy) is 3. The Labute approximate surface area is 125 Å². The average Bonchev–Trinajstić information content (AvgIpc) is 2.80. The summed E-state index contributed by atoms with van der Waals surface area (Å²) >= 11 is 0. The number of hydrogen-bond acceptors (Lipinski definition) is 4. The summed E-state index contributed by atoms with van der Waals surface area (Å²) in [4.78, 5) is 13.4. The Bertz CT molecular complexity index is 498. The topological polar surface area (TPSA) is 48.0 Å². The van der Waals surface area contributed by atoms with Crippen molar-refractivity contribution in [3.05, 3.63) is 36.4 Å². The molecule has 1 fully saturated rings. The van der Waals surface area contributed by atoms with Crippen LogP contribution < -0.4 is 9.64 Å². The van der Waals surface area contributed by atoms with Crippen molar-refractivity contribution in [1.82, 2.24) is 0 Å². The molecule has 0 spiro atoms. The lowest BCUT2D eigenvalue weighted by Crippen LogP contribution is -2.25. The van der Waals surface area contributed by atoms with Gasteiger partial charge in [-0.25, -0.2) is 4.79 Å². The summed E-state index contributed by atoms with van der Waals surface area (Å²) in [6, 6.07) is 7.41. The molecule has 0 radical (unpaired) electrons. The van der Waals surface area contributed by atoms with E-state index in [1.54, 1.807) is 12.0 Å². The van der Waals surface area contributed by atoms with Gasteiger partial charge in [-0.15, -0.1) is 6.58 Å². The third-order valence-corrected chi connectivity index (χ3v) is 3.17. The van der Waals surface area contributed by atoms with E-state index >= 15 is 0 Å². The summed E-state index contributed by atoms with van der Waals surface area (Å²) in [5.41, 5.74) is 1.89. The van der Waals surface area contributed by atoms with Crippen LogP contribution in [0.25, 0.3) is 0 Å². The second-order valence-electron chi connectivity index (χ2n) is 5.12. The molecule has 1 atom stereocenters. The first-order valence-corrected chi connectivity index (χ1v) is 6.94. The molecule has 2 rings (SSSR count). The lowest BCUT2D eigenvalue weighted by atomic mass is 10.2. The smallest absolute Gasteiger partial charge is 0.414 e. The fourth-order valence-electron chi connectivity index (χ4n) is 2.07. The molecule has 1 aromatic rings. The van der Waals surface area contributed by atoms with Crippen LogP contribution in [0.5, 0.6) is 5.75 Å². The van der Waals surface area contributed by atoms with Gasteiger partial charge in [0, 0.05) is 19.2 Å². The number of cyclic esters (lactones) is 1. The summed E-state index contributed by atoms with van der Waals surface area (Å²) in [6.07, 6.45) is 0.279. The molecule has 0 aliphatic carbocycles. The van der Waals surface area contributed by atoms with Crippen molar-refractivity contribution in [2.75, 3.05) is 31.8 Å². The van der Waals surface area contributed by atoms with Crippen LogP contribution in [0.4, 0.5) is 10.5 Å². The highest BCUT2D eigenvalue weighted by Crippen LogP contribution is 2.24. The van der Waals surface area contributed by atoms with Crippen LogP contribution in [-0.2, 0) is 9.47 Å². The quantitative estimate of drug-likeness (QED) is 0.725. The minimum atomic E-state index is -0.340. The van der Waals surface area contributed by atoms with Gasteiger partial charge in [-0.3, -0.25) is 4.90 Å². The molecule has 0 bridgehead atoms. The lowest BCUT2D eigenvalue weighted by molar-refractivity contribution is 0.0718. The maximum atomic E-state index is 11.8. The van der Waals surface area contributed by atoms with E-state index in [-0.39, 0.29) is 12.2 Å². The standard InChI is InChI=1S/C16H21NO4/c1-12(2)8-9-20-14-6-4-13(5-7-14)17-10-15(11-19-3)21-16(17)18/h4-7,15H,1,8-11H2,2-3H3/t15-/m1/s1. The van der Waals surface area contributed by atoms with Gasteiger partial charge in [0.25, 0.3) is 0 Å². The van der Waals surface area contributed by atoms with Crippen LogP contribution in [-0.4, -0.2) is 39.1 Å². The Morgan fingerprint density at radius 2 is 2.14 bits per heavy atom. The summed E-state index contributed by atoms with van der Waals surface area (Å²) in [7, 11) is 1.59. The van der Waals surface area contributed by atoms with Gasteiger partial charge in [0.2, 0.25) is 0 Å². The molecule has 1 amide bonds. The summed E-state index contributed by atoms with van der Waals surface area (Å²) < 4.78 is 15.8. The highest BCUT2D eigenvalue weighted by atomic mass is 16.6. The fraction of sp³-hybridized carbons (Fsp3) is 0.438. The van der Waals surface area contributed by atoms with Crippen molar-refractivity contribution in [3.63, 3.8) is 0 Å². The van der Waals surface area contributed by atoms with Crippen LogP contribution in [0.2, 0.25) is 0 Å². The van der Waals surface area contributed by atoms with Crippen LogP contribution in [0, 0.1) is 0 Å². The maximum absolute atomic E-state index is 11.8. The van der Waals surface area contributed by atoms with Gasteiger partial charge in [-0.1, -0.05) is 5.57 Å². The number of benzene rings is 1. The third kappa shape index (κ3) is 4.23. The molecule has 0 aromatic heterocycles. The van der Waals surface area contributed by atoms with E-state index in [0.29, 0.717) is 19.8 Å². The van der Waals surface area contributed by atoms with E-state index in [4.69, 9.17) is 14.2 Å². The van der Waals surface area contributed by atoms with E-state index < -0.39 is 0 Å². The molecule has 1 aliphatic rings. The van der Waals surface area contributed by atoms with Gasteiger partial charge in [0.1, 0.15) is 11.9 Å². The summed E-state index contributed by atoms with van der Waals surface area (Å²) in [6.45, 7) is 7.33. The van der Waals surface area contributed by atoms with Gasteiger partial charge >= 0.3 is 6.09 Å². The maximum Gasteiger partial charge on any atom is 0.414 e. The number of anilines is 1. The fourth-order valence-corrected chi connectivity index (χ4v) is 2.07. The Morgan fingerprint density at radius 1 is 1.43 bits per heavy atom. The van der Waals surface area contributed by atoms with Crippen molar-refractivity contribution in [2.24, 2.45) is 0 Å². The number of carbonyl (C=O) groups is 1. The Hall–Kier alpha value is -2.01. The zero-order valence-electron chi connectivity index (χ0n) is 12.5. The van der Waals surface area contributed by atoms with E-state index in [1.165, 1.54) is 0 Å². The molecule has 0 N–H and O–H groups in total. The minimum Gasteiger partial charge on any atom is -0.493 e. The average molecular weight is 291 g/mol. The van der Waals surface area contributed by atoms with E-state index in [9.17, 15) is 4.79 Å². The van der Waals surface area contributed by atoms with Crippen molar-refractivity contribution < 1.29 is 19.0 Å². The number of hydrogen-bond donors (Lipinski definition) is 0. The largest absolute Gasteiger partial charge is 0.493 e. The molecule has 1 saturated heterocycles. The van der Waals surface area contributed by atoms with Crippen LogP contribution in [0.15, 0.2) is 36.4 Å². The number of carbonyl (C=O) groups excluding carboxylic acids is 1. The highest BCUT2D eigenvalue weighted by molar-refractivity contribution is 5.89. The molecular weight excluding hydrogens is 270 g/mol. The minimum absolute atomic E-state index is 0.214. The van der Waals surface area contributed by atoms with Crippen molar-refractivity contribution >= 4 is 11.8 Å². The third-order valence-electron chi connectivity index (χ3n) is 3.17. The normalized spacial score (nSPS) is 17.7. The molecule has 1 aromatic carbocycles. The van der Waals surface area contributed by atoms with Gasteiger partial charge in [-0.2, -0.15) is 0 Å². The SMILES string of the molecule is C=C(C)CCOc1ccc(N2C[C@H](COC)OC2=O)cc1. The highest BCUT2D eigenvalue weighted by Gasteiger charge is 2.32. The summed E-state index contributed by atoms with van der Waals surface area (Å²) in [5, 5.41) is 0. The first-order valence-electron chi connectivity index (χ1n) is 6.94. The van der Waals surface area contributed by atoms with Gasteiger partial charge in [-0.05, 0) is 31.2 Å². The van der Waals surface area contributed by atoms with Crippen LogP contribution >= 0.6 is 0 Å². The zero-order chi connectivity index (χ0) is 15.2. The van der Waals surface area contributed by atoms with Crippen LogP contribution in [0.1, 0.15) is 13.3 Å². The first-order chi connectivity index (χ1) is 10.1. The van der Waals surface area contributed by atoms with E-state index in [0.717, 1.165) is 23.4 Å². The monoisotopic (exact) mass is 291 g/mol. The van der Waals surface area contributed by atoms with Gasteiger partial charge < -0.3 is 14.2 Å². The lowest BCUT2D eigenvalue weighted by Gasteiger charge is -2.14. The molecular formula is C16H21NO4. The van der Waals surface area contributed by atoms with Gasteiger partial charge in [0.15, 0.2) is 0 Å². The van der Waals surface area contributed by atoms with Crippen molar-refractivity contribution in [2.45, 2.75) is 19.4 Å². The molecule has 21 heavy (non-hydrogen) atoms. The predicted molar refractivity (Wildman–Crippen MR) is 80.9 cm³/mol. The molecule has 0 saturated carbocycles. The van der Waals surface area contributed by atoms with Crippen molar-refractivity contribution in [3.8, 4) is 5.75 Å². The number of amides is 1. The summed E-state index contributed by atoms with van der Waals surface area (Å²) in [5.74, 6) is 0.779. The predicted octanol–water partition coefficient (Wildman–Crippen LogP) is 3.00. The van der Waals surface area contributed by atoms with Crippen molar-refractivity contribution in [1.29, 1.82) is 0 Å². The Morgan fingerprint density at radius 3 is 2.76 bits per heavy atom. The Kier molecular flexibility index (Phi) is 5.22. The van der Waals surface area contributed by atoms with Crippen LogP contribution in [0.3, 0.4) is 0 Å². The molecule has 5 heteroatoms.